The molecule has 0 aliphatic rings. The third-order valence-corrected chi connectivity index (χ3v) is 4.77. The summed E-state index contributed by atoms with van der Waals surface area (Å²) >= 11 is 0. The molecule has 0 saturated heterocycles. The number of carbonyl (C=O) groups is 1. The smallest absolute Gasteiger partial charge is 0.296 e. The van der Waals surface area contributed by atoms with Gasteiger partial charge in [0.25, 0.3) is 20.2 Å². The second-order valence-electron chi connectivity index (χ2n) is 4.43. The van der Waals surface area contributed by atoms with Crippen molar-refractivity contribution in [3.05, 3.63) is 30.3 Å². The minimum absolute atomic E-state index is 0.0110. The highest BCUT2D eigenvalue weighted by Gasteiger charge is 2.28. The lowest BCUT2D eigenvalue weighted by Crippen LogP contribution is -2.12. The van der Waals surface area contributed by atoms with E-state index in [1.54, 1.807) is 0 Å². The van der Waals surface area contributed by atoms with Crippen molar-refractivity contribution in [2.45, 2.75) is 16.7 Å². The van der Waals surface area contributed by atoms with Crippen LogP contribution < -0.4 is 5.32 Å². The third kappa shape index (κ3) is 3.09. The Morgan fingerprint density at radius 3 is 2.00 bits per heavy atom. The molecule has 22 heavy (non-hydrogen) atoms. The van der Waals surface area contributed by atoms with E-state index in [-0.39, 0.29) is 16.5 Å². The predicted octanol–water partition coefficient (Wildman–Crippen LogP) is 1.29. The van der Waals surface area contributed by atoms with Crippen LogP contribution in [-0.4, -0.2) is 31.8 Å². The fourth-order valence-electron chi connectivity index (χ4n) is 2.07. The monoisotopic (exact) mass is 345 g/mol. The van der Waals surface area contributed by atoms with Gasteiger partial charge in [0.05, 0.1) is 5.69 Å². The maximum Gasteiger partial charge on any atom is 0.296 e. The molecule has 0 aliphatic carbocycles. The zero-order chi connectivity index (χ0) is 16.7. The maximum absolute atomic E-state index is 11.5. The Kier molecular flexibility index (Phi) is 3.96. The van der Waals surface area contributed by atoms with Crippen LogP contribution in [0.15, 0.2) is 40.1 Å². The molecule has 0 aromatic heterocycles. The number of hydrogen-bond acceptors (Lipinski definition) is 5. The van der Waals surface area contributed by atoms with Crippen LogP contribution in [0.25, 0.3) is 10.8 Å². The summed E-state index contributed by atoms with van der Waals surface area (Å²) in [7, 11) is -9.90. The molecular weight excluding hydrogens is 334 g/mol. The summed E-state index contributed by atoms with van der Waals surface area (Å²) in [6.45, 7) is 1.18. The number of benzene rings is 2. The topological polar surface area (TPSA) is 138 Å². The van der Waals surface area contributed by atoms with Crippen LogP contribution in [0.5, 0.6) is 0 Å². The molecule has 0 fully saturated rings. The van der Waals surface area contributed by atoms with E-state index in [9.17, 15) is 30.7 Å². The van der Waals surface area contributed by atoms with Gasteiger partial charge in [0, 0.05) is 17.7 Å². The third-order valence-electron chi connectivity index (χ3n) is 2.81. The number of hydrogen-bond donors (Lipinski definition) is 3. The SMILES string of the molecule is CC(=O)Nc1cc(S(=O)(=O)O)c(S(=O)(=O)O)c2ccccc12. The van der Waals surface area contributed by atoms with Crippen LogP contribution in [0, 0.1) is 0 Å². The zero-order valence-electron chi connectivity index (χ0n) is 11.1. The largest absolute Gasteiger partial charge is 0.326 e. The maximum atomic E-state index is 11.5. The van der Waals surface area contributed by atoms with Gasteiger partial charge in [0.2, 0.25) is 5.91 Å². The standard InChI is InChI=1S/C12H11NO7S2/c1-7(14)13-10-6-11(21(15,16)17)12(22(18,19)20)9-5-3-2-4-8(9)10/h2-6H,1H3,(H,13,14)(H,15,16,17)(H,18,19,20). The van der Waals surface area contributed by atoms with E-state index in [4.69, 9.17) is 0 Å². The molecule has 0 radical (unpaired) electrons. The number of carbonyl (C=O) groups excluding carboxylic acids is 1. The average Bonchev–Trinajstić information content (AvgIpc) is 2.35. The molecule has 2 aromatic carbocycles. The second kappa shape index (κ2) is 5.32. The fourth-order valence-corrected chi connectivity index (χ4v) is 4.09. The number of fused-ring (bicyclic) bond motifs is 1. The van der Waals surface area contributed by atoms with Crippen LogP contribution in [0.1, 0.15) is 6.92 Å². The van der Waals surface area contributed by atoms with Crippen molar-refractivity contribution in [1.29, 1.82) is 0 Å². The van der Waals surface area contributed by atoms with Gasteiger partial charge >= 0.3 is 0 Å². The first kappa shape index (κ1) is 16.4. The Morgan fingerprint density at radius 2 is 1.55 bits per heavy atom. The average molecular weight is 345 g/mol. The number of amides is 1. The van der Waals surface area contributed by atoms with Gasteiger partial charge in [-0.05, 0) is 6.07 Å². The molecule has 0 spiro atoms. The number of anilines is 1. The van der Waals surface area contributed by atoms with Crippen molar-refractivity contribution in [1.82, 2.24) is 0 Å². The molecule has 118 valence electrons. The van der Waals surface area contributed by atoms with Crippen LogP contribution in [-0.2, 0) is 25.0 Å². The molecule has 0 saturated carbocycles. The van der Waals surface area contributed by atoms with Crippen molar-refractivity contribution in [3.8, 4) is 0 Å². The van der Waals surface area contributed by atoms with Crippen molar-refractivity contribution in [3.63, 3.8) is 0 Å². The van der Waals surface area contributed by atoms with Gasteiger partial charge in [-0.3, -0.25) is 13.9 Å². The molecular formula is C12H11NO7S2. The molecule has 0 unspecified atom stereocenters. The van der Waals surface area contributed by atoms with Gasteiger partial charge in [0.1, 0.15) is 9.79 Å². The van der Waals surface area contributed by atoms with Gasteiger partial charge < -0.3 is 5.32 Å². The van der Waals surface area contributed by atoms with Gasteiger partial charge in [-0.2, -0.15) is 16.8 Å². The molecule has 0 aliphatic heterocycles. The zero-order valence-corrected chi connectivity index (χ0v) is 12.8. The highest BCUT2D eigenvalue weighted by atomic mass is 32.2. The van der Waals surface area contributed by atoms with E-state index in [1.165, 1.54) is 31.2 Å². The van der Waals surface area contributed by atoms with Crippen LogP contribution >= 0.6 is 0 Å². The summed E-state index contributed by atoms with van der Waals surface area (Å²) < 4.78 is 64.5. The van der Waals surface area contributed by atoms with Gasteiger partial charge in [-0.1, -0.05) is 24.3 Å². The molecule has 2 aromatic rings. The van der Waals surface area contributed by atoms with Crippen molar-refractivity contribution >= 4 is 42.6 Å². The fraction of sp³-hybridized carbons (Fsp3) is 0.0833. The lowest BCUT2D eigenvalue weighted by atomic mass is 10.1. The van der Waals surface area contributed by atoms with E-state index < -0.39 is 35.9 Å². The molecule has 8 nitrogen and oxygen atoms in total. The predicted molar refractivity (Wildman–Crippen MR) is 77.9 cm³/mol. The minimum Gasteiger partial charge on any atom is -0.326 e. The first-order valence-corrected chi connectivity index (χ1v) is 8.68. The highest BCUT2D eigenvalue weighted by Crippen LogP contribution is 2.35. The summed E-state index contributed by atoms with van der Waals surface area (Å²) in [5, 5.41) is 2.39. The summed E-state index contributed by atoms with van der Waals surface area (Å²) in [6, 6.07) is 6.42. The van der Waals surface area contributed by atoms with Crippen LogP contribution in [0.2, 0.25) is 0 Å². The number of nitrogens with one attached hydrogen (secondary N) is 1. The minimum atomic E-state index is -4.96. The molecule has 3 N–H and O–H groups in total. The molecule has 1 amide bonds. The van der Waals surface area contributed by atoms with Gasteiger partial charge in [-0.15, -0.1) is 0 Å². The van der Waals surface area contributed by atoms with Crippen molar-refractivity contribution in [2.75, 3.05) is 5.32 Å². The highest BCUT2D eigenvalue weighted by molar-refractivity contribution is 7.89. The lowest BCUT2D eigenvalue weighted by Gasteiger charge is -2.13. The Bertz CT molecular complexity index is 978. The van der Waals surface area contributed by atoms with E-state index >= 15 is 0 Å². The van der Waals surface area contributed by atoms with Crippen LogP contribution in [0.4, 0.5) is 5.69 Å². The number of rotatable bonds is 3. The molecule has 0 heterocycles. The Hall–Kier alpha value is -2.01. The quantitative estimate of drug-likeness (QED) is 0.713. The molecule has 0 atom stereocenters. The van der Waals surface area contributed by atoms with Crippen LogP contribution in [0.3, 0.4) is 0 Å². The van der Waals surface area contributed by atoms with E-state index in [0.717, 1.165) is 6.07 Å². The Labute approximate surface area is 126 Å². The Morgan fingerprint density at radius 1 is 1.00 bits per heavy atom. The normalized spacial score (nSPS) is 12.3. The van der Waals surface area contributed by atoms with Gasteiger partial charge in [0.15, 0.2) is 0 Å². The van der Waals surface area contributed by atoms with E-state index in [2.05, 4.69) is 5.32 Å². The lowest BCUT2D eigenvalue weighted by molar-refractivity contribution is -0.114. The van der Waals surface area contributed by atoms with E-state index in [0.29, 0.717) is 0 Å². The first-order chi connectivity index (χ1) is 10.0. The summed E-state index contributed by atoms with van der Waals surface area (Å²) in [5.41, 5.74) is -0.0110. The van der Waals surface area contributed by atoms with Crippen molar-refractivity contribution < 1.29 is 30.7 Å². The molecule has 10 heteroatoms. The summed E-state index contributed by atoms with van der Waals surface area (Å²) in [4.78, 5) is 9.25. The summed E-state index contributed by atoms with van der Waals surface area (Å²) in [6.07, 6.45) is 0. The first-order valence-electron chi connectivity index (χ1n) is 5.80. The van der Waals surface area contributed by atoms with E-state index in [1.807, 2.05) is 0 Å². The molecule has 2 rings (SSSR count). The van der Waals surface area contributed by atoms with Crippen molar-refractivity contribution in [2.24, 2.45) is 0 Å². The second-order valence-corrected chi connectivity index (χ2v) is 7.18. The molecule has 0 bridgehead atoms. The summed E-state index contributed by atoms with van der Waals surface area (Å²) in [5.74, 6) is -0.522. The Balaban J connectivity index is 3.08. The van der Waals surface area contributed by atoms with Gasteiger partial charge in [-0.25, -0.2) is 0 Å².